The molecule has 2 aliphatic rings. The van der Waals surface area contributed by atoms with Crippen LogP contribution in [-0.2, 0) is 4.79 Å². The molecule has 2 N–H and O–H groups in total. The van der Waals surface area contributed by atoms with E-state index in [4.69, 9.17) is 21.7 Å². The normalized spacial score (nSPS) is 21.7. The van der Waals surface area contributed by atoms with Gasteiger partial charge >= 0.3 is 0 Å². The summed E-state index contributed by atoms with van der Waals surface area (Å²) in [6, 6.07) is 5.84. The van der Waals surface area contributed by atoms with Crippen molar-refractivity contribution in [3.05, 3.63) is 23.8 Å². The van der Waals surface area contributed by atoms with Crippen LogP contribution in [0.2, 0.25) is 0 Å². The Labute approximate surface area is 166 Å². The van der Waals surface area contributed by atoms with E-state index in [0.717, 1.165) is 18.7 Å². The summed E-state index contributed by atoms with van der Waals surface area (Å²) in [5, 5.41) is 7.04. The second kappa shape index (κ2) is 8.78. The van der Waals surface area contributed by atoms with E-state index in [1.165, 1.54) is 12.8 Å². The predicted molar refractivity (Wildman–Crippen MR) is 109 cm³/mol. The lowest BCUT2D eigenvalue weighted by Gasteiger charge is -2.22. The molecule has 1 saturated heterocycles. The Morgan fingerprint density at radius 2 is 2.00 bits per heavy atom. The summed E-state index contributed by atoms with van der Waals surface area (Å²) in [5.74, 6) is 1.94. The fourth-order valence-corrected chi connectivity index (χ4v) is 4.01. The van der Waals surface area contributed by atoms with E-state index in [1.807, 2.05) is 25.1 Å². The highest BCUT2D eigenvalue weighted by molar-refractivity contribution is 7.80. The van der Waals surface area contributed by atoms with Gasteiger partial charge in [0.15, 0.2) is 16.6 Å². The molecule has 1 aliphatic heterocycles. The minimum atomic E-state index is -0.179. The number of rotatable bonds is 7. The number of nitrogens with one attached hydrogen (secondary N) is 2. The van der Waals surface area contributed by atoms with Crippen molar-refractivity contribution in [1.29, 1.82) is 0 Å². The number of benzene rings is 1. The van der Waals surface area contributed by atoms with Crippen LogP contribution in [0.5, 0.6) is 11.5 Å². The molecule has 1 aliphatic carbocycles. The number of ether oxygens (including phenoxy) is 2. The van der Waals surface area contributed by atoms with Gasteiger partial charge in [0, 0.05) is 37.7 Å². The largest absolute Gasteiger partial charge is 0.493 e. The molecule has 6 nitrogen and oxygen atoms in total. The third kappa shape index (κ3) is 4.46. The minimum absolute atomic E-state index is 0.00846. The maximum atomic E-state index is 13.0. The Bertz CT molecular complexity index is 693. The molecule has 1 aromatic rings. The van der Waals surface area contributed by atoms with Crippen molar-refractivity contribution in [1.82, 2.24) is 15.5 Å². The molecule has 1 saturated carbocycles. The van der Waals surface area contributed by atoms with Gasteiger partial charge in [-0.3, -0.25) is 4.79 Å². The van der Waals surface area contributed by atoms with Crippen LogP contribution in [0.4, 0.5) is 0 Å². The van der Waals surface area contributed by atoms with Crippen LogP contribution in [0.1, 0.15) is 31.2 Å². The molecule has 27 heavy (non-hydrogen) atoms. The van der Waals surface area contributed by atoms with Gasteiger partial charge in [0.1, 0.15) is 0 Å². The molecule has 0 aromatic heterocycles. The highest BCUT2D eigenvalue weighted by atomic mass is 32.1. The van der Waals surface area contributed by atoms with Crippen molar-refractivity contribution in [2.45, 2.75) is 25.7 Å². The standard InChI is InChI=1S/C20H29N3O3S/c1-4-21-20(27)23-11-15(14-6-5-7-17(25-2)18(14)26-3)16(12-23)19(24)22-10-13-8-9-13/h5-7,13,15-16H,4,8-12H2,1-3H3,(H,21,27)(H,22,24)/t15-,16-/m0/s1. The first-order valence-corrected chi connectivity index (χ1v) is 10.0. The third-order valence-electron chi connectivity index (χ3n) is 5.37. The highest BCUT2D eigenvalue weighted by Crippen LogP contribution is 2.42. The van der Waals surface area contributed by atoms with Crippen LogP contribution < -0.4 is 20.1 Å². The predicted octanol–water partition coefficient (Wildman–Crippen LogP) is 2.14. The summed E-state index contributed by atoms with van der Waals surface area (Å²) in [6.07, 6.45) is 2.43. The van der Waals surface area contributed by atoms with Crippen LogP contribution >= 0.6 is 12.2 Å². The lowest BCUT2D eigenvalue weighted by Crippen LogP contribution is -2.40. The molecule has 148 valence electrons. The van der Waals surface area contributed by atoms with Gasteiger partial charge in [-0.15, -0.1) is 0 Å². The zero-order chi connectivity index (χ0) is 19.4. The van der Waals surface area contributed by atoms with E-state index in [2.05, 4.69) is 15.5 Å². The van der Waals surface area contributed by atoms with Crippen molar-refractivity contribution >= 4 is 23.2 Å². The number of carbonyl (C=O) groups is 1. The molecular weight excluding hydrogens is 362 g/mol. The number of carbonyl (C=O) groups excluding carboxylic acids is 1. The molecule has 0 radical (unpaired) electrons. The quantitative estimate of drug-likeness (QED) is 0.695. The van der Waals surface area contributed by atoms with E-state index < -0.39 is 0 Å². The molecule has 0 bridgehead atoms. The van der Waals surface area contributed by atoms with Crippen LogP contribution in [0.15, 0.2) is 18.2 Å². The van der Waals surface area contributed by atoms with Crippen molar-refractivity contribution in [2.24, 2.45) is 11.8 Å². The summed E-state index contributed by atoms with van der Waals surface area (Å²) in [6.45, 7) is 4.84. The summed E-state index contributed by atoms with van der Waals surface area (Å²) in [7, 11) is 3.27. The lowest BCUT2D eigenvalue weighted by molar-refractivity contribution is -0.125. The summed E-state index contributed by atoms with van der Waals surface area (Å²) < 4.78 is 11.1. The zero-order valence-electron chi connectivity index (χ0n) is 16.3. The van der Waals surface area contributed by atoms with Gasteiger partial charge in [-0.2, -0.15) is 0 Å². The number of hydrogen-bond donors (Lipinski definition) is 2. The Kier molecular flexibility index (Phi) is 6.42. The summed E-state index contributed by atoms with van der Waals surface area (Å²) in [5.41, 5.74) is 0.991. The topological polar surface area (TPSA) is 62.8 Å². The van der Waals surface area contributed by atoms with Crippen molar-refractivity contribution in [3.8, 4) is 11.5 Å². The number of para-hydroxylation sites is 1. The Morgan fingerprint density at radius 3 is 2.63 bits per heavy atom. The molecular formula is C20H29N3O3S. The molecule has 1 amide bonds. The monoisotopic (exact) mass is 391 g/mol. The number of amides is 1. The first kappa shape index (κ1) is 19.7. The van der Waals surface area contributed by atoms with Gasteiger partial charge in [0.05, 0.1) is 20.1 Å². The molecule has 2 fully saturated rings. The molecule has 7 heteroatoms. The average Bonchev–Trinajstić information content (AvgIpc) is 3.41. The summed E-state index contributed by atoms with van der Waals surface area (Å²) in [4.78, 5) is 15.1. The van der Waals surface area contributed by atoms with Crippen LogP contribution in [-0.4, -0.2) is 56.3 Å². The van der Waals surface area contributed by atoms with Crippen LogP contribution in [0.25, 0.3) is 0 Å². The Morgan fingerprint density at radius 1 is 1.22 bits per heavy atom. The zero-order valence-corrected chi connectivity index (χ0v) is 17.1. The number of hydrogen-bond acceptors (Lipinski definition) is 4. The first-order chi connectivity index (χ1) is 13.1. The van der Waals surface area contributed by atoms with E-state index in [1.54, 1.807) is 14.2 Å². The van der Waals surface area contributed by atoms with Gasteiger partial charge in [-0.05, 0) is 44.0 Å². The maximum absolute atomic E-state index is 13.0. The van der Waals surface area contributed by atoms with E-state index in [-0.39, 0.29) is 17.7 Å². The van der Waals surface area contributed by atoms with Gasteiger partial charge in [-0.25, -0.2) is 0 Å². The van der Waals surface area contributed by atoms with Gasteiger partial charge in [0.25, 0.3) is 0 Å². The Hall–Kier alpha value is -2.02. The number of nitrogens with zero attached hydrogens (tertiary/aromatic N) is 1. The average molecular weight is 392 g/mol. The first-order valence-electron chi connectivity index (χ1n) is 9.60. The third-order valence-corrected chi connectivity index (χ3v) is 5.77. The van der Waals surface area contributed by atoms with Gasteiger partial charge < -0.3 is 25.0 Å². The fourth-order valence-electron chi connectivity index (χ4n) is 3.72. The molecule has 1 heterocycles. The molecule has 1 aromatic carbocycles. The SMILES string of the molecule is CCNC(=S)N1C[C@H](C(=O)NCC2CC2)[C@H](c2cccc(OC)c2OC)C1. The van der Waals surface area contributed by atoms with Gasteiger partial charge in [0.2, 0.25) is 5.91 Å². The minimum Gasteiger partial charge on any atom is -0.493 e. The van der Waals surface area contributed by atoms with Crippen molar-refractivity contribution in [3.63, 3.8) is 0 Å². The smallest absolute Gasteiger partial charge is 0.225 e. The second-order valence-corrected chi connectivity index (χ2v) is 7.61. The van der Waals surface area contributed by atoms with Crippen molar-refractivity contribution in [2.75, 3.05) is 40.4 Å². The molecule has 2 atom stereocenters. The van der Waals surface area contributed by atoms with Crippen molar-refractivity contribution < 1.29 is 14.3 Å². The lowest BCUT2D eigenvalue weighted by atomic mass is 9.87. The Balaban J connectivity index is 1.86. The number of thiocarbonyl (C=S) groups is 1. The molecule has 0 unspecified atom stereocenters. The number of methoxy groups -OCH3 is 2. The molecule has 0 spiro atoms. The van der Waals surface area contributed by atoms with E-state index >= 15 is 0 Å². The number of likely N-dealkylation sites (tertiary alicyclic amines) is 1. The second-order valence-electron chi connectivity index (χ2n) is 7.22. The van der Waals surface area contributed by atoms with E-state index in [0.29, 0.717) is 35.6 Å². The molecule has 3 rings (SSSR count). The highest BCUT2D eigenvalue weighted by Gasteiger charge is 2.41. The van der Waals surface area contributed by atoms with Gasteiger partial charge in [-0.1, -0.05) is 12.1 Å². The van der Waals surface area contributed by atoms with E-state index in [9.17, 15) is 4.79 Å². The van der Waals surface area contributed by atoms with Crippen LogP contribution in [0.3, 0.4) is 0 Å². The maximum Gasteiger partial charge on any atom is 0.225 e. The fraction of sp³-hybridized carbons (Fsp3) is 0.600. The summed E-state index contributed by atoms with van der Waals surface area (Å²) >= 11 is 5.51. The van der Waals surface area contributed by atoms with Crippen LogP contribution in [0, 0.1) is 11.8 Å².